The van der Waals surface area contributed by atoms with Gasteiger partial charge in [-0.15, -0.1) is 0 Å². The molecule has 0 bridgehead atoms. The van der Waals surface area contributed by atoms with Crippen LogP contribution in [0, 0.1) is 5.41 Å². The number of carboxylic acids is 1. The van der Waals surface area contributed by atoms with Crippen molar-refractivity contribution in [2.75, 3.05) is 0 Å². The molecule has 17 heavy (non-hydrogen) atoms. The molecule has 0 aliphatic rings. The molecule has 1 unspecified atom stereocenters. The van der Waals surface area contributed by atoms with Crippen molar-refractivity contribution in [2.24, 2.45) is 5.41 Å². The average Bonchev–Trinajstić information content (AvgIpc) is 2.15. The van der Waals surface area contributed by atoms with Crippen LogP contribution in [0.3, 0.4) is 0 Å². The first-order valence-corrected chi connectivity index (χ1v) is 5.83. The van der Waals surface area contributed by atoms with Crippen LogP contribution in [0.15, 0.2) is 24.3 Å². The van der Waals surface area contributed by atoms with Crippen LogP contribution in [0.4, 0.5) is 0 Å². The zero-order valence-electron chi connectivity index (χ0n) is 9.98. The van der Waals surface area contributed by atoms with E-state index in [4.69, 9.17) is 16.7 Å². The van der Waals surface area contributed by atoms with Crippen molar-refractivity contribution in [3.63, 3.8) is 0 Å². The van der Waals surface area contributed by atoms with Crippen molar-refractivity contribution in [2.45, 2.75) is 32.8 Å². The van der Waals surface area contributed by atoms with Gasteiger partial charge in [0.05, 0.1) is 12.5 Å². The second kappa shape index (κ2) is 5.52. The Morgan fingerprint density at radius 2 is 1.88 bits per heavy atom. The number of carboxylic acid groups (broad SMARTS) is 1. The maximum absolute atomic E-state index is 10.7. The molecule has 94 valence electrons. The van der Waals surface area contributed by atoms with E-state index >= 15 is 0 Å². The summed E-state index contributed by atoms with van der Waals surface area (Å²) >= 11 is 5.76. The molecule has 1 aromatic carbocycles. The van der Waals surface area contributed by atoms with Crippen LogP contribution in [-0.4, -0.2) is 16.2 Å². The first-order chi connectivity index (χ1) is 7.80. The molecule has 3 nitrogen and oxygen atoms in total. The van der Waals surface area contributed by atoms with Crippen LogP contribution in [0.2, 0.25) is 5.02 Å². The molecular weight excluding hydrogens is 240 g/mol. The summed E-state index contributed by atoms with van der Waals surface area (Å²) in [5.41, 5.74) is 0.318. The van der Waals surface area contributed by atoms with Crippen LogP contribution in [-0.2, 0) is 4.79 Å². The molecule has 0 aliphatic heterocycles. The lowest BCUT2D eigenvalue weighted by Gasteiger charge is -2.25. The molecule has 0 radical (unpaired) electrons. The molecule has 0 aliphatic carbocycles. The summed E-state index contributed by atoms with van der Waals surface area (Å²) in [7, 11) is 0. The molecule has 0 spiro atoms. The van der Waals surface area contributed by atoms with Gasteiger partial charge >= 0.3 is 5.97 Å². The highest BCUT2D eigenvalue weighted by Crippen LogP contribution is 2.33. The minimum atomic E-state index is -0.849. The molecular formula is C13H17ClO3. The fourth-order valence-electron chi connectivity index (χ4n) is 1.81. The van der Waals surface area contributed by atoms with Crippen molar-refractivity contribution in [3.05, 3.63) is 34.9 Å². The molecule has 4 heteroatoms. The summed E-state index contributed by atoms with van der Waals surface area (Å²) in [6, 6.07) is 6.93. The number of rotatable bonds is 5. The van der Waals surface area contributed by atoms with Gasteiger partial charge < -0.3 is 10.2 Å². The monoisotopic (exact) mass is 256 g/mol. The van der Waals surface area contributed by atoms with Gasteiger partial charge in [0.2, 0.25) is 0 Å². The zero-order chi connectivity index (χ0) is 13.1. The lowest BCUT2D eigenvalue weighted by atomic mass is 9.82. The Morgan fingerprint density at radius 1 is 1.35 bits per heavy atom. The smallest absolute Gasteiger partial charge is 0.303 e. The van der Waals surface area contributed by atoms with Gasteiger partial charge in [0.15, 0.2) is 0 Å². The Morgan fingerprint density at radius 3 is 2.35 bits per heavy atom. The van der Waals surface area contributed by atoms with E-state index in [1.54, 1.807) is 24.3 Å². The molecule has 1 aromatic rings. The predicted molar refractivity (Wildman–Crippen MR) is 67.1 cm³/mol. The molecule has 1 rings (SSSR count). The van der Waals surface area contributed by atoms with Gasteiger partial charge in [-0.1, -0.05) is 37.6 Å². The number of aliphatic hydroxyl groups is 1. The summed E-state index contributed by atoms with van der Waals surface area (Å²) < 4.78 is 0. The minimum absolute atomic E-state index is 0.0393. The zero-order valence-corrected chi connectivity index (χ0v) is 10.7. The van der Waals surface area contributed by atoms with Crippen molar-refractivity contribution < 1.29 is 15.0 Å². The first kappa shape index (κ1) is 14.0. The van der Waals surface area contributed by atoms with E-state index in [9.17, 15) is 9.90 Å². The van der Waals surface area contributed by atoms with Crippen LogP contribution in [0.1, 0.15) is 38.4 Å². The summed E-state index contributed by atoms with van der Waals surface area (Å²) in [5.74, 6) is -0.849. The Kier molecular flexibility index (Phi) is 4.54. The Hall–Kier alpha value is -1.06. The maximum Gasteiger partial charge on any atom is 0.303 e. The van der Waals surface area contributed by atoms with E-state index in [-0.39, 0.29) is 6.42 Å². The summed E-state index contributed by atoms with van der Waals surface area (Å²) in [6.45, 7) is 3.67. The largest absolute Gasteiger partial charge is 0.481 e. The van der Waals surface area contributed by atoms with E-state index in [0.717, 1.165) is 5.56 Å². The van der Waals surface area contributed by atoms with E-state index in [2.05, 4.69) is 0 Å². The summed E-state index contributed by atoms with van der Waals surface area (Å²) in [6.07, 6.45) is -0.222. The van der Waals surface area contributed by atoms with E-state index in [1.165, 1.54) is 0 Å². The number of aliphatic hydroxyl groups excluding tert-OH is 1. The molecule has 0 heterocycles. The Bertz CT molecular complexity index is 384. The van der Waals surface area contributed by atoms with Crippen molar-refractivity contribution in [1.29, 1.82) is 0 Å². The molecule has 0 saturated carbocycles. The molecule has 0 amide bonds. The number of hydrogen-bond acceptors (Lipinski definition) is 2. The van der Waals surface area contributed by atoms with Crippen LogP contribution in [0.5, 0.6) is 0 Å². The molecule has 0 aromatic heterocycles. The van der Waals surface area contributed by atoms with Crippen molar-refractivity contribution in [3.8, 4) is 0 Å². The predicted octanol–water partition coefficient (Wildman–Crippen LogP) is 3.26. The third-order valence-electron chi connectivity index (χ3n) is 2.63. The summed E-state index contributed by atoms with van der Waals surface area (Å²) in [4.78, 5) is 10.7. The second-order valence-electron chi connectivity index (χ2n) is 5.01. The SMILES string of the molecule is CC(C)(CC(=O)O)CC(O)c1ccc(Cl)cc1. The van der Waals surface area contributed by atoms with Gasteiger partial charge in [-0.25, -0.2) is 0 Å². The standard InChI is InChI=1S/C13H17ClO3/c1-13(2,8-12(16)17)7-11(15)9-3-5-10(14)6-4-9/h3-6,11,15H,7-8H2,1-2H3,(H,16,17). The van der Waals surface area contributed by atoms with Gasteiger partial charge in [0.25, 0.3) is 0 Å². The fraction of sp³-hybridized carbons (Fsp3) is 0.462. The normalized spacial score (nSPS) is 13.4. The third kappa shape index (κ3) is 4.75. The number of aliphatic carboxylic acids is 1. The van der Waals surface area contributed by atoms with Gasteiger partial charge in [0.1, 0.15) is 0 Å². The topological polar surface area (TPSA) is 57.5 Å². The van der Waals surface area contributed by atoms with E-state index < -0.39 is 17.5 Å². The molecule has 2 N–H and O–H groups in total. The van der Waals surface area contributed by atoms with Crippen LogP contribution in [0.25, 0.3) is 0 Å². The Labute approximate surface area is 106 Å². The third-order valence-corrected chi connectivity index (χ3v) is 2.88. The summed E-state index contributed by atoms with van der Waals surface area (Å²) in [5, 5.41) is 19.4. The molecule has 1 atom stereocenters. The lowest BCUT2D eigenvalue weighted by molar-refractivity contribution is -0.139. The highest BCUT2D eigenvalue weighted by atomic mass is 35.5. The lowest BCUT2D eigenvalue weighted by Crippen LogP contribution is -2.20. The second-order valence-corrected chi connectivity index (χ2v) is 5.44. The van der Waals surface area contributed by atoms with Gasteiger partial charge in [-0.05, 0) is 29.5 Å². The number of hydrogen-bond donors (Lipinski definition) is 2. The van der Waals surface area contributed by atoms with E-state index in [0.29, 0.717) is 11.4 Å². The van der Waals surface area contributed by atoms with Crippen molar-refractivity contribution in [1.82, 2.24) is 0 Å². The number of halogens is 1. The maximum atomic E-state index is 10.7. The fourth-order valence-corrected chi connectivity index (χ4v) is 1.93. The van der Waals surface area contributed by atoms with Crippen LogP contribution < -0.4 is 0 Å². The van der Waals surface area contributed by atoms with Gasteiger partial charge in [-0.2, -0.15) is 0 Å². The Balaban J connectivity index is 2.68. The molecule has 0 fully saturated rings. The highest BCUT2D eigenvalue weighted by molar-refractivity contribution is 6.30. The highest BCUT2D eigenvalue weighted by Gasteiger charge is 2.25. The van der Waals surface area contributed by atoms with Crippen molar-refractivity contribution >= 4 is 17.6 Å². The van der Waals surface area contributed by atoms with Gasteiger partial charge in [0, 0.05) is 5.02 Å². The minimum Gasteiger partial charge on any atom is -0.481 e. The van der Waals surface area contributed by atoms with Gasteiger partial charge in [-0.3, -0.25) is 4.79 Å². The first-order valence-electron chi connectivity index (χ1n) is 5.45. The quantitative estimate of drug-likeness (QED) is 0.850. The average molecular weight is 257 g/mol. The number of benzene rings is 1. The number of carbonyl (C=O) groups is 1. The van der Waals surface area contributed by atoms with Crippen LogP contribution >= 0.6 is 11.6 Å². The van der Waals surface area contributed by atoms with E-state index in [1.807, 2.05) is 13.8 Å². The molecule has 0 saturated heterocycles.